The van der Waals surface area contributed by atoms with Gasteiger partial charge in [-0.3, -0.25) is 10.1 Å². The van der Waals surface area contributed by atoms with Crippen LogP contribution in [0.3, 0.4) is 0 Å². The first-order valence-corrected chi connectivity index (χ1v) is 9.49. The molecule has 30 heavy (non-hydrogen) atoms. The topological polar surface area (TPSA) is 120 Å². The van der Waals surface area contributed by atoms with Gasteiger partial charge in [0, 0.05) is 5.02 Å². The highest BCUT2D eigenvalue weighted by Gasteiger charge is 2.32. The van der Waals surface area contributed by atoms with Crippen molar-refractivity contribution in [3.63, 3.8) is 0 Å². The molecule has 0 fully saturated rings. The van der Waals surface area contributed by atoms with Gasteiger partial charge in [-0.25, -0.2) is 9.59 Å². The zero-order chi connectivity index (χ0) is 22.3. The molecular formula is C21H24ClN3O5. The molecule has 0 aliphatic rings. The number of benzene rings is 2. The van der Waals surface area contributed by atoms with Crippen molar-refractivity contribution in [3.8, 4) is 0 Å². The highest BCUT2D eigenvalue weighted by Crippen LogP contribution is 2.23. The third kappa shape index (κ3) is 7.29. The average molecular weight is 434 g/mol. The first-order chi connectivity index (χ1) is 14.0. The number of ether oxygens (including phenoxy) is 2. The molecule has 8 nitrogen and oxygen atoms in total. The first-order valence-electron chi connectivity index (χ1n) is 9.11. The molecule has 0 aliphatic heterocycles. The van der Waals surface area contributed by atoms with E-state index < -0.39 is 29.6 Å². The summed E-state index contributed by atoms with van der Waals surface area (Å²) in [5, 5.41) is 5.12. The lowest BCUT2D eigenvalue weighted by Gasteiger charge is -2.22. The fraction of sp³-hybridized carbons (Fsp3) is 0.286. The highest BCUT2D eigenvalue weighted by atomic mass is 35.5. The minimum Gasteiger partial charge on any atom is -0.459 e. The summed E-state index contributed by atoms with van der Waals surface area (Å²) in [7, 11) is 0. The monoisotopic (exact) mass is 433 g/mol. The minimum absolute atomic E-state index is 0.0669. The van der Waals surface area contributed by atoms with Crippen LogP contribution in [0.15, 0.2) is 48.5 Å². The number of halogens is 1. The predicted octanol–water partition coefficient (Wildman–Crippen LogP) is 3.50. The van der Waals surface area contributed by atoms with Crippen LogP contribution in [0.4, 0.5) is 16.2 Å². The van der Waals surface area contributed by atoms with Gasteiger partial charge in [0.2, 0.25) is 6.04 Å². The summed E-state index contributed by atoms with van der Waals surface area (Å²) in [5.74, 6) is -1.79. The molecule has 4 N–H and O–H groups in total. The molecule has 0 aromatic heterocycles. The molecule has 0 saturated heterocycles. The average Bonchev–Trinajstić information content (AvgIpc) is 2.65. The van der Waals surface area contributed by atoms with Gasteiger partial charge in [-0.15, -0.1) is 0 Å². The van der Waals surface area contributed by atoms with Gasteiger partial charge in [-0.05, 0) is 44.5 Å². The van der Waals surface area contributed by atoms with Crippen molar-refractivity contribution in [2.75, 3.05) is 11.1 Å². The number of hydrogen-bond acceptors (Lipinski definition) is 6. The molecule has 0 bridgehead atoms. The largest absolute Gasteiger partial charge is 0.459 e. The van der Waals surface area contributed by atoms with Crippen molar-refractivity contribution < 1.29 is 23.9 Å². The molecule has 0 spiro atoms. The van der Waals surface area contributed by atoms with Crippen molar-refractivity contribution in [1.82, 2.24) is 5.32 Å². The maximum atomic E-state index is 12.7. The molecule has 0 heterocycles. The van der Waals surface area contributed by atoms with E-state index in [4.69, 9.17) is 26.8 Å². The Balaban J connectivity index is 2.15. The van der Waals surface area contributed by atoms with Crippen LogP contribution in [0.1, 0.15) is 26.3 Å². The zero-order valence-electron chi connectivity index (χ0n) is 16.9. The third-order valence-electron chi connectivity index (χ3n) is 3.65. The van der Waals surface area contributed by atoms with Gasteiger partial charge < -0.3 is 20.5 Å². The normalized spacial score (nSPS) is 11.9. The van der Waals surface area contributed by atoms with Crippen LogP contribution in [0.5, 0.6) is 0 Å². The second-order valence-corrected chi connectivity index (χ2v) is 7.83. The summed E-state index contributed by atoms with van der Waals surface area (Å²) in [6.07, 6.45) is -0.941. The maximum Gasteiger partial charge on any atom is 0.408 e. The van der Waals surface area contributed by atoms with Gasteiger partial charge in [0.15, 0.2) is 0 Å². The van der Waals surface area contributed by atoms with E-state index in [1.54, 1.807) is 45.0 Å². The number of amides is 2. The van der Waals surface area contributed by atoms with E-state index in [1.807, 2.05) is 6.07 Å². The number of esters is 1. The summed E-state index contributed by atoms with van der Waals surface area (Å²) in [5.41, 5.74) is 6.18. The third-order valence-corrected chi connectivity index (χ3v) is 3.89. The lowest BCUT2D eigenvalue weighted by Crippen LogP contribution is -2.51. The van der Waals surface area contributed by atoms with Gasteiger partial charge in [-0.1, -0.05) is 41.9 Å². The van der Waals surface area contributed by atoms with Crippen LogP contribution in [0, 0.1) is 0 Å². The number of anilines is 2. The quantitative estimate of drug-likeness (QED) is 0.364. The Morgan fingerprint density at radius 1 is 1.10 bits per heavy atom. The number of nitrogen functional groups attached to an aromatic ring is 1. The van der Waals surface area contributed by atoms with Gasteiger partial charge in [0.05, 0.1) is 11.4 Å². The van der Waals surface area contributed by atoms with Gasteiger partial charge in [0.1, 0.15) is 12.2 Å². The number of hydrogen-bond donors (Lipinski definition) is 3. The van der Waals surface area contributed by atoms with Crippen LogP contribution in [-0.4, -0.2) is 29.6 Å². The molecule has 2 amide bonds. The first kappa shape index (κ1) is 23.0. The molecule has 0 saturated carbocycles. The number of alkyl carbamates (subject to hydrolysis) is 1. The molecule has 0 radical (unpaired) electrons. The number of carbonyl (C=O) groups excluding carboxylic acids is 3. The Bertz CT molecular complexity index is 913. The number of rotatable bonds is 6. The van der Waals surface area contributed by atoms with E-state index in [-0.39, 0.29) is 18.0 Å². The molecule has 1 atom stereocenters. The van der Waals surface area contributed by atoms with Crippen LogP contribution in [0.2, 0.25) is 5.02 Å². The molecule has 160 valence electrons. The maximum absolute atomic E-state index is 12.7. The summed E-state index contributed by atoms with van der Waals surface area (Å²) in [4.78, 5) is 37.5. The second-order valence-electron chi connectivity index (χ2n) is 7.39. The molecule has 2 aromatic rings. The number of carbonyl (C=O) groups is 3. The molecule has 0 aliphatic carbocycles. The van der Waals surface area contributed by atoms with Crippen molar-refractivity contribution in [3.05, 3.63) is 59.1 Å². The van der Waals surface area contributed by atoms with Gasteiger partial charge >= 0.3 is 12.1 Å². The molecule has 9 heteroatoms. The summed E-state index contributed by atoms with van der Waals surface area (Å²) >= 11 is 5.86. The predicted molar refractivity (Wildman–Crippen MR) is 114 cm³/mol. The van der Waals surface area contributed by atoms with Gasteiger partial charge in [-0.2, -0.15) is 0 Å². The Morgan fingerprint density at radius 2 is 1.77 bits per heavy atom. The SMILES string of the molecule is CC(C)(C)OC(=O)N[C@@H](C(=O)Nc1ccc(Cl)cc1N)C(=O)OCc1ccccc1. The Hall–Kier alpha value is -3.26. The Labute approximate surface area is 179 Å². The van der Waals surface area contributed by atoms with Crippen molar-refractivity contribution in [2.45, 2.75) is 39.0 Å². The van der Waals surface area contributed by atoms with E-state index in [0.717, 1.165) is 5.56 Å². The van der Waals surface area contributed by atoms with Gasteiger partial charge in [0.25, 0.3) is 5.91 Å². The van der Waals surface area contributed by atoms with E-state index in [0.29, 0.717) is 5.02 Å². The van der Waals surface area contributed by atoms with Crippen LogP contribution >= 0.6 is 11.6 Å². The van der Waals surface area contributed by atoms with E-state index >= 15 is 0 Å². The molecular weight excluding hydrogens is 410 g/mol. The smallest absolute Gasteiger partial charge is 0.408 e. The lowest BCUT2D eigenvalue weighted by atomic mass is 10.2. The van der Waals surface area contributed by atoms with E-state index in [2.05, 4.69) is 10.6 Å². The van der Waals surface area contributed by atoms with Crippen molar-refractivity contribution in [2.24, 2.45) is 0 Å². The standard InChI is InChI=1S/C21H24ClN3O5/c1-21(2,3)30-20(28)25-17(19(27)29-12-13-7-5-4-6-8-13)18(26)24-16-10-9-14(22)11-15(16)23/h4-11,17H,12,23H2,1-3H3,(H,24,26)(H,25,28)/t17-/m0/s1. The van der Waals surface area contributed by atoms with E-state index in [1.165, 1.54) is 18.2 Å². The van der Waals surface area contributed by atoms with Crippen LogP contribution in [-0.2, 0) is 25.7 Å². The summed E-state index contributed by atoms with van der Waals surface area (Å²) in [6.45, 7) is 4.90. The minimum atomic E-state index is -1.65. The molecule has 0 unspecified atom stereocenters. The van der Waals surface area contributed by atoms with Crippen LogP contribution < -0.4 is 16.4 Å². The Kier molecular flexibility index (Phi) is 7.66. The van der Waals surface area contributed by atoms with Crippen molar-refractivity contribution in [1.29, 1.82) is 0 Å². The summed E-state index contributed by atoms with van der Waals surface area (Å²) < 4.78 is 10.3. The highest BCUT2D eigenvalue weighted by molar-refractivity contribution is 6.31. The second kappa shape index (κ2) is 9.98. The Morgan fingerprint density at radius 3 is 2.37 bits per heavy atom. The number of nitrogens with two attached hydrogens (primary N) is 1. The zero-order valence-corrected chi connectivity index (χ0v) is 17.7. The fourth-order valence-corrected chi connectivity index (χ4v) is 2.50. The summed E-state index contributed by atoms with van der Waals surface area (Å²) in [6, 6.07) is 11.7. The fourth-order valence-electron chi connectivity index (χ4n) is 2.32. The lowest BCUT2D eigenvalue weighted by molar-refractivity contribution is -0.149. The van der Waals surface area contributed by atoms with E-state index in [9.17, 15) is 14.4 Å². The van der Waals surface area contributed by atoms with Crippen molar-refractivity contribution >= 4 is 40.9 Å². The number of nitrogens with one attached hydrogen (secondary N) is 2. The molecule has 2 rings (SSSR count). The molecule has 2 aromatic carbocycles. The van der Waals surface area contributed by atoms with Crippen LogP contribution in [0.25, 0.3) is 0 Å².